The van der Waals surface area contributed by atoms with E-state index in [1.165, 1.54) is 48.7 Å². The Morgan fingerprint density at radius 3 is 2.50 bits per heavy atom. The third kappa shape index (κ3) is 4.76. The minimum atomic E-state index is -0.0288. The Kier molecular flexibility index (Phi) is 6.31. The Labute approximate surface area is 189 Å². The van der Waals surface area contributed by atoms with Crippen LogP contribution in [0.4, 0.5) is 0 Å². The number of aryl methyl sites for hydroxylation is 1. The molecule has 1 N–H and O–H groups in total. The monoisotopic (exact) mass is 425 g/mol. The number of para-hydroxylation sites is 1. The summed E-state index contributed by atoms with van der Waals surface area (Å²) < 4.78 is 0. The fraction of sp³-hybridized carbons (Fsp3) is 0.357. The normalized spacial score (nSPS) is 15.5. The number of hydrogen-bond acceptors (Lipinski definition) is 3. The van der Waals surface area contributed by atoms with Crippen LogP contribution in [-0.2, 0) is 12.8 Å². The second kappa shape index (κ2) is 9.66. The first-order valence-electron chi connectivity index (χ1n) is 11.9. The van der Waals surface area contributed by atoms with Crippen LogP contribution in [0.1, 0.15) is 37.1 Å². The van der Waals surface area contributed by atoms with Crippen LogP contribution in [0, 0.1) is 5.92 Å². The average Bonchev–Trinajstić information content (AvgIpc) is 2.83. The van der Waals surface area contributed by atoms with Gasteiger partial charge >= 0.3 is 0 Å². The molecule has 0 radical (unpaired) electrons. The quantitative estimate of drug-likeness (QED) is 0.406. The van der Waals surface area contributed by atoms with E-state index in [1.54, 1.807) is 0 Å². The first-order chi connectivity index (χ1) is 15.8. The van der Waals surface area contributed by atoms with Crippen molar-refractivity contribution in [2.75, 3.05) is 19.6 Å². The van der Waals surface area contributed by atoms with Gasteiger partial charge in [-0.2, -0.15) is 0 Å². The third-order valence-electron chi connectivity index (χ3n) is 6.90. The highest BCUT2D eigenvalue weighted by Crippen LogP contribution is 2.26. The zero-order valence-corrected chi connectivity index (χ0v) is 18.6. The number of rotatable bonds is 7. The summed E-state index contributed by atoms with van der Waals surface area (Å²) in [5.41, 5.74) is 2.26. The zero-order valence-electron chi connectivity index (χ0n) is 18.6. The zero-order chi connectivity index (χ0) is 21.8. The van der Waals surface area contributed by atoms with E-state index in [1.807, 2.05) is 24.3 Å². The van der Waals surface area contributed by atoms with Gasteiger partial charge in [-0.05, 0) is 86.1 Å². The van der Waals surface area contributed by atoms with E-state index in [4.69, 9.17) is 0 Å². The van der Waals surface area contributed by atoms with Crippen molar-refractivity contribution in [1.29, 1.82) is 0 Å². The number of benzene rings is 3. The average molecular weight is 426 g/mol. The van der Waals surface area contributed by atoms with Gasteiger partial charge in [0.25, 0.3) is 5.56 Å². The Morgan fingerprint density at radius 2 is 1.62 bits per heavy atom. The lowest BCUT2D eigenvalue weighted by molar-refractivity contribution is 0.181. The Hall–Kier alpha value is -2.98. The number of nitrogens with one attached hydrogen (secondary N) is 1. The molecule has 0 atom stereocenters. The van der Waals surface area contributed by atoms with Gasteiger partial charge in [0.15, 0.2) is 0 Å². The number of aromatic nitrogens is 2. The molecule has 0 unspecified atom stereocenters. The van der Waals surface area contributed by atoms with Crippen LogP contribution < -0.4 is 5.56 Å². The highest BCUT2D eigenvalue weighted by molar-refractivity contribution is 5.85. The summed E-state index contributed by atoms with van der Waals surface area (Å²) in [5, 5.41) is 3.44. The second-order valence-electron chi connectivity index (χ2n) is 9.11. The molecule has 1 aliphatic rings. The van der Waals surface area contributed by atoms with Crippen LogP contribution in [0.2, 0.25) is 0 Å². The number of unbranched alkanes of at least 4 members (excludes halogenated alkanes) is 1. The Bertz CT molecular complexity index is 1250. The smallest absolute Gasteiger partial charge is 0.258 e. The predicted octanol–water partition coefficient (Wildman–Crippen LogP) is 5.35. The first kappa shape index (κ1) is 20.9. The topological polar surface area (TPSA) is 49.0 Å². The van der Waals surface area contributed by atoms with E-state index in [9.17, 15) is 4.79 Å². The van der Waals surface area contributed by atoms with E-state index < -0.39 is 0 Å². The lowest BCUT2D eigenvalue weighted by atomic mass is 9.88. The molecule has 4 nitrogen and oxygen atoms in total. The number of hydrogen-bond donors (Lipinski definition) is 1. The van der Waals surface area contributed by atoms with Gasteiger partial charge in [-0.1, -0.05) is 54.6 Å². The van der Waals surface area contributed by atoms with E-state index in [2.05, 4.69) is 57.3 Å². The van der Waals surface area contributed by atoms with Gasteiger partial charge in [-0.3, -0.25) is 4.79 Å². The van der Waals surface area contributed by atoms with Crippen LogP contribution in [-0.4, -0.2) is 34.5 Å². The molecular formula is C28H31N3O. The van der Waals surface area contributed by atoms with Gasteiger partial charge in [0.05, 0.1) is 10.9 Å². The molecule has 2 heterocycles. The molecule has 0 aliphatic carbocycles. The fourth-order valence-electron chi connectivity index (χ4n) is 5.08. The molecule has 1 aromatic heterocycles. The Balaban J connectivity index is 1.08. The van der Waals surface area contributed by atoms with Crippen molar-refractivity contribution in [3.63, 3.8) is 0 Å². The lowest BCUT2D eigenvalue weighted by Gasteiger charge is -2.32. The molecule has 3 aromatic carbocycles. The van der Waals surface area contributed by atoms with E-state index in [0.29, 0.717) is 5.39 Å². The summed E-state index contributed by atoms with van der Waals surface area (Å²) in [6, 6.07) is 23.0. The molecule has 164 valence electrons. The molecule has 1 saturated heterocycles. The van der Waals surface area contributed by atoms with Crippen molar-refractivity contribution < 1.29 is 0 Å². The van der Waals surface area contributed by atoms with Crippen LogP contribution in [0.15, 0.2) is 71.5 Å². The number of aromatic amines is 1. The molecule has 5 rings (SSSR count). The van der Waals surface area contributed by atoms with Crippen LogP contribution in [0.5, 0.6) is 0 Å². The number of nitrogens with zero attached hydrogens (tertiary/aromatic N) is 2. The number of H-pyrrole nitrogens is 1. The lowest BCUT2D eigenvalue weighted by Crippen LogP contribution is -2.35. The van der Waals surface area contributed by atoms with E-state index in [0.717, 1.165) is 43.1 Å². The van der Waals surface area contributed by atoms with Crippen LogP contribution >= 0.6 is 0 Å². The van der Waals surface area contributed by atoms with Crippen molar-refractivity contribution in [3.8, 4) is 0 Å². The highest BCUT2D eigenvalue weighted by atomic mass is 16.1. The molecular weight excluding hydrogens is 394 g/mol. The van der Waals surface area contributed by atoms with Gasteiger partial charge in [0.1, 0.15) is 5.82 Å². The van der Waals surface area contributed by atoms with Gasteiger partial charge in [-0.15, -0.1) is 0 Å². The summed E-state index contributed by atoms with van der Waals surface area (Å²) >= 11 is 0. The molecule has 4 aromatic rings. The summed E-state index contributed by atoms with van der Waals surface area (Å²) in [6.45, 7) is 3.53. The minimum Gasteiger partial charge on any atom is -0.310 e. The molecule has 32 heavy (non-hydrogen) atoms. The maximum absolute atomic E-state index is 12.2. The Morgan fingerprint density at radius 1 is 0.875 bits per heavy atom. The van der Waals surface area contributed by atoms with Crippen molar-refractivity contribution in [3.05, 3.63) is 88.5 Å². The molecule has 1 fully saturated rings. The molecule has 0 saturated carbocycles. The van der Waals surface area contributed by atoms with Crippen molar-refractivity contribution in [1.82, 2.24) is 14.9 Å². The fourth-order valence-corrected chi connectivity index (χ4v) is 5.08. The third-order valence-corrected chi connectivity index (χ3v) is 6.90. The molecule has 0 spiro atoms. The second-order valence-corrected chi connectivity index (χ2v) is 9.11. The van der Waals surface area contributed by atoms with Crippen LogP contribution in [0.3, 0.4) is 0 Å². The minimum absolute atomic E-state index is 0.0288. The SMILES string of the molecule is O=c1[nH]c(CCCCN2CCC(Cc3cccc4ccccc34)CC2)nc2ccccc12. The summed E-state index contributed by atoms with van der Waals surface area (Å²) in [6.07, 6.45) is 6.78. The molecule has 1 aliphatic heterocycles. The number of piperidine rings is 1. The summed E-state index contributed by atoms with van der Waals surface area (Å²) in [5.74, 6) is 1.59. The van der Waals surface area contributed by atoms with Crippen LogP contribution in [0.25, 0.3) is 21.7 Å². The largest absolute Gasteiger partial charge is 0.310 e. The van der Waals surface area contributed by atoms with Gasteiger partial charge in [-0.25, -0.2) is 4.98 Å². The maximum atomic E-state index is 12.2. The number of likely N-dealkylation sites (tertiary alicyclic amines) is 1. The van der Waals surface area contributed by atoms with Gasteiger partial charge < -0.3 is 9.88 Å². The van der Waals surface area contributed by atoms with E-state index >= 15 is 0 Å². The molecule has 0 amide bonds. The summed E-state index contributed by atoms with van der Waals surface area (Å²) in [4.78, 5) is 22.4. The van der Waals surface area contributed by atoms with Crippen molar-refractivity contribution in [2.45, 2.75) is 38.5 Å². The summed E-state index contributed by atoms with van der Waals surface area (Å²) in [7, 11) is 0. The van der Waals surface area contributed by atoms with Gasteiger partial charge in [0, 0.05) is 6.42 Å². The molecule has 4 heteroatoms. The highest BCUT2D eigenvalue weighted by Gasteiger charge is 2.19. The maximum Gasteiger partial charge on any atom is 0.258 e. The molecule has 0 bridgehead atoms. The number of fused-ring (bicyclic) bond motifs is 2. The van der Waals surface area contributed by atoms with E-state index in [-0.39, 0.29) is 5.56 Å². The van der Waals surface area contributed by atoms with Crippen molar-refractivity contribution >= 4 is 21.7 Å². The predicted molar refractivity (Wildman–Crippen MR) is 132 cm³/mol. The van der Waals surface area contributed by atoms with Crippen molar-refractivity contribution in [2.24, 2.45) is 5.92 Å². The standard InChI is InChI=1S/C28H31N3O/c32-28-25-12-3-4-13-26(25)29-27(30-28)14-5-6-17-31-18-15-21(16-19-31)20-23-10-7-9-22-8-1-2-11-24(22)23/h1-4,7-13,21H,5-6,14-20H2,(H,29,30,32). The van der Waals surface area contributed by atoms with Gasteiger partial charge in [0.2, 0.25) is 0 Å². The first-order valence-corrected chi connectivity index (χ1v) is 11.9.